The van der Waals surface area contributed by atoms with E-state index in [1.165, 1.54) is 13.8 Å². The molecule has 0 saturated carbocycles. The fourth-order valence-corrected chi connectivity index (χ4v) is 2.74. The third-order valence-corrected chi connectivity index (χ3v) is 3.78. The maximum atomic E-state index is 12.1. The van der Waals surface area contributed by atoms with Gasteiger partial charge in [0.15, 0.2) is 5.78 Å². The zero-order valence-electron chi connectivity index (χ0n) is 15.8. The lowest BCUT2D eigenvalue weighted by molar-refractivity contribution is -0.116. The topological polar surface area (TPSA) is 140 Å². The average molecular weight is 373 g/mol. The number of amides is 2. The van der Waals surface area contributed by atoms with Crippen molar-refractivity contribution in [1.29, 1.82) is 0 Å². The number of anilines is 2. The second kappa shape index (κ2) is 8.43. The van der Waals surface area contributed by atoms with E-state index in [4.69, 9.17) is 10.2 Å². The summed E-state index contributed by atoms with van der Waals surface area (Å²) >= 11 is 0. The number of rotatable bonds is 8. The highest BCUT2D eigenvalue weighted by Gasteiger charge is 2.25. The number of hydrogen-bond donors (Lipinski definition) is 3. The molecule has 0 spiro atoms. The predicted molar refractivity (Wildman–Crippen MR) is 99.8 cm³/mol. The first kappa shape index (κ1) is 20.1. The number of ketones is 1. The van der Waals surface area contributed by atoms with Gasteiger partial charge in [-0.25, -0.2) is 9.97 Å². The molecule has 2 heterocycles. The lowest BCUT2D eigenvalue weighted by atomic mass is 10.1. The van der Waals surface area contributed by atoms with Crippen molar-refractivity contribution in [2.75, 3.05) is 17.2 Å². The van der Waals surface area contributed by atoms with E-state index >= 15 is 0 Å². The van der Waals surface area contributed by atoms with Crippen molar-refractivity contribution in [1.82, 2.24) is 9.97 Å². The van der Waals surface area contributed by atoms with Crippen LogP contribution >= 0.6 is 0 Å². The van der Waals surface area contributed by atoms with Gasteiger partial charge in [0.1, 0.15) is 11.3 Å². The van der Waals surface area contributed by atoms with Crippen LogP contribution in [0.1, 0.15) is 57.6 Å². The minimum Gasteiger partial charge on any atom is -0.444 e. The molecule has 2 amide bonds. The Labute approximate surface area is 156 Å². The van der Waals surface area contributed by atoms with Gasteiger partial charge in [-0.2, -0.15) is 0 Å². The molecule has 27 heavy (non-hydrogen) atoms. The fourth-order valence-electron chi connectivity index (χ4n) is 2.74. The van der Waals surface area contributed by atoms with Crippen LogP contribution in [0.3, 0.4) is 0 Å². The van der Waals surface area contributed by atoms with Gasteiger partial charge in [-0.05, 0) is 40.2 Å². The summed E-state index contributed by atoms with van der Waals surface area (Å²) in [4.78, 5) is 44.0. The standard InChI is InChI=1S/C18H23N5O4/c1-9-8-10(2)22-18(21-9)20-7-5-6-13(25)23-17-15(16(19)26)14(11(3)24)12(4)27-17/h8H,5-7H2,1-4H3,(H2,19,26)(H,23,25)(H,20,21,22). The maximum absolute atomic E-state index is 12.1. The van der Waals surface area contributed by atoms with Gasteiger partial charge in [-0.1, -0.05) is 0 Å². The molecule has 0 unspecified atom stereocenters. The van der Waals surface area contributed by atoms with Crippen LogP contribution in [0.15, 0.2) is 10.5 Å². The highest BCUT2D eigenvalue weighted by Crippen LogP contribution is 2.27. The van der Waals surface area contributed by atoms with Gasteiger partial charge in [-0.3, -0.25) is 19.7 Å². The molecule has 2 aromatic rings. The van der Waals surface area contributed by atoms with Crippen LogP contribution < -0.4 is 16.4 Å². The number of aryl methyl sites for hydroxylation is 3. The molecule has 0 aromatic carbocycles. The van der Waals surface area contributed by atoms with E-state index < -0.39 is 5.91 Å². The van der Waals surface area contributed by atoms with Crippen molar-refractivity contribution in [3.63, 3.8) is 0 Å². The van der Waals surface area contributed by atoms with Gasteiger partial charge in [0.2, 0.25) is 17.7 Å². The summed E-state index contributed by atoms with van der Waals surface area (Å²) in [5.41, 5.74) is 7.03. The monoisotopic (exact) mass is 373 g/mol. The predicted octanol–water partition coefficient (Wildman–Crippen LogP) is 2.13. The van der Waals surface area contributed by atoms with E-state index in [9.17, 15) is 14.4 Å². The van der Waals surface area contributed by atoms with Gasteiger partial charge in [0.05, 0.1) is 5.56 Å². The van der Waals surface area contributed by atoms with Crippen LogP contribution in [-0.4, -0.2) is 34.1 Å². The third-order valence-electron chi connectivity index (χ3n) is 3.78. The second-order valence-electron chi connectivity index (χ2n) is 6.21. The van der Waals surface area contributed by atoms with Crippen LogP contribution in [0.2, 0.25) is 0 Å². The van der Waals surface area contributed by atoms with Crippen molar-refractivity contribution in [3.8, 4) is 0 Å². The van der Waals surface area contributed by atoms with E-state index in [0.29, 0.717) is 18.9 Å². The fraction of sp³-hybridized carbons (Fsp3) is 0.389. The summed E-state index contributed by atoms with van der Waals surface area (Å²) in [6.07, 6.45) is 0.679. The van der Waals surface area contributed by atoms with Crippen molar-refractivity contribution in [2.45, 2.75) is 40.5 Å². The number of nitrogens with zero attached hydrogens (tertiary/aromatic N) is 2. The van der Waals surface area contributed by atoms with Crippen LogP contribution in [0, 0.1) is 20.8 Å². The molecule has 4 N–H and O–H groups in total. The molecule has 9 nitrogen and oxygen atoms in total. The number of nitrogens with one attached hydrogen (secondary N) is 2. The number of carbonyl (C=O) groups excluding carboxylic acids is 3. The molecular formula is C18H23N5O4. The summed E-state index contributed by atoms with van der Waals surface area (Å²) in [5.74, 6) is -0.897. The highest BCUT2D eigenvalue weighted by atomic mass is 16.4. The first-order valence-corrected chi connectivity index (χ1v) is 8.49. The van der Waals surface area contributed by atoms with Crippen molar-refractivity contribution < 1.29 is 18.8 Å². The average Bonchev–Trinajstić information content (AvgIpc) is 2.87. The van der Waals surface area contributed by atoms with Gasteiger partial charge in [-0.15, -0.1) is 0 Å². The number of nitrogens with two attached hydrogens (primary N) is 1. The summed E-state index contributed by atoms with van der Waals surface area (Å²) < 4.78 is 5.35. The van der Waals surface area contributed by atoms with E-state index in [1.807, 2.05) is 19.9 Å². The molecule has 0 atom stereocenters. The molecule has 0 radical (unpaired) electrons. The van der Waals surface area contributed by atoms with Crippen molar-refractivity contribution in [3.05, 3.63) is 34.3 Å². The Hall–Kier alpha value is -3.23. The highest BCUT2D eigenvalue weighted by molar-refractivity contribution is 6.11. The Morgan fingerprint density at radius 2 is 1.74 bits per heavy atom. The smallest absolute Gasteiger partial charge is 0.255 e. The van der Waals surface area contributed by atoms with Crippen LogP contribution in [0.5, 0.6) is 0 Å². The quantitative estimate of drug-likeness (QED) is 0.475. The molecule has 0 aliphatic heterocycles. The minimum atomic E-state index is -0.832. The Balaban J connectivity index is 1.93. The van der Waals surface area contributed by atoms with E-state index in [2.05, 4.69) is 20.6 Å². The zero-order chi connectivity index (χ0) is 20.1. The number of carbonyl (C=O) groups is 3. The Morgan fingerprint density at radius 1 is 1.11 bits per heavy atom. The zero-order valence-corrected chi connectivity index (χ0v) is 15.8. The molecule has 0 fully saturated rings. The van der Waals surface area contributed by atoms with Gasteiger partial charge in [0, 0.05) is 24.4 Å². The lowest BCUT2D eigenvalue weighted by Crippen LogP contribution is -2.19. The summed E-state index contributed by atoms with van der Waals surface area (Å²) in [6.45, 7) is 7.09. The third kappa shape index (κ3) is 5.13. The molecule has 9 heteroatoms. The van der Waals surface area contributed by atoms with Gasteiger partial charge < -0.3 is 15.5 Å². The van der Waals surface area contributed by atoms with Crippen LogP contribution in [0.4, 0.5) is 11.8 Å². The summed E-state index contributed by atoms with van der Waals surface area (Å²) in [7, 11) is 0. The van der Waals surface area contributed by atoms with E-state index in [1.54, 1.807) is 0 Å². The first-order chi connectivity index (χ1) is 12.7. The van der Waals surface area contributed by atoms with E-state index in [0.717, 1.165) is 11.4 Å². The number of hydrogen-bond acceptors (Lipinski definition) is 7. The summed E-state index contributed by atoms with van der Waals surface area (Å²) in [6, 6.07) is 1.87. The molecule has 2 rings (SSSR count). The molecule has 0 aliphatic carbocycles. The molecule has 0 saturated heterocycles. The number of primary amides is 1. The van der Waals surface area contributed by atoms with Crippen LogP contribution in [-0.2, 0) is 4.79 Å². The molecular weight excluding hydrogens is 350 g/mol. The summed E-state index contributed by atoms with van der Waals surface area (Å²) in [5, 5.41) is 5.57. The van der Waals surface area contributed by atoms with Crippen LogP contribution in [0.25, 0.3) is 0 Å². The van der Waals surface area contributed by atoms with E-state index in [-0.39, 0.29) is 40.9 Å². The van der Waals surface area contributed by atoms with Crippen molar-refractivity contribution in [2.24, 2.45) is 5.73 Å². The molecule has 0 bridgehead atoms. The maximum Gasteiger partial charge on any atom is 0.255 e. The van der Waals surface area contributed by atoms with Gasteiger partial charge >= 0.3 is 0 Å². The van der Waals surface area contributed by atoms with Crippen molar-refractivity contribution >= 4 is 29.4 Å². The molecule has 0 aliphatic rings. The normalized spacial score (nSPS) is 10.5. The lowest BCUT2D eigenvalue weighted by Gasteiger charge is -2.07. The van der Waals surface area contributed by atoms with Gasteiger partial charge in [0.25, 0.3) is 5.91 Å². The second-order valence-corrected chi connectivity index (χ2v) is 6.21. The number of aromatic nitrogens is 2. The SMILES string of the molecule is CC(=O)c1c(C)oc(NC(=O)CCCNc2nc(C)cc(C)n2)c1C(N)=O. The number of Topliss-reactive ketones (excluding diaryl/α,β-unsaturated/α-hetero) is 1. The molecule has 2 aromatic heterocycles. The Kier molecular flexibility index (Phi) is 6.27. The Bertz CT molecular complexity index is 868. The Morgan fingerprint density at radius 3 is 2.30 bits per heavy atom. The largest absolute Gasteiger partial charge is 0.444 e. The first-order valence-electron chi connectivity index (χ1n) is 8.49. The number of furan rings is 1. The molecule has 144 valence electrons. The minimum absolute atomic E-state index is 0.0893.